The molecule has 0 saturated carbocycles. The summed E-state index contributed by atoms with van der Waals surface area (Å²) in [7, 11) is 0. The molecule has 0 bridgehead atoms. The fourth-order valence-corrected chi connectivity index (χ4v) is 1.83. The molecule has 0 radical (unpaired) electrons. The van der Waals surface area contributed by atoms with Crippen molar-refractivity contribution in [2.24, 2.45) is 0 Å². The third kappa shape index (κ3) is 4.11. The minimum Gasteiger partial charge on any atom is -0.466 e. The Morgan fingerprint density at radius 3 is 2.78 bits per heavy atom. The van der Waals surface area contributed by atoms with E-state index in [1.54, 1.807) is 6.20 Å². The molecule has 4 nitrogen and oxygen atoms in total. The topological polar surface area (TPSA) is 51.2 Å². The van der Waals surface area contributed by atoms with Gasteiger partial charge in [0, 0.05) is 6.20 Å². The summed E-state index contributed by atoms with van der Waals surface area (Å²) in [5, 5.41) is 3.39. The highest BCUT2D eigenvalue weighted by atomic mass is 16.5. The zero-order valence-electron chi connectivity index (χ0n) is 11.4. The molecule has 0 saturated heterocycles. The number of ether oxygens (including phenoxy) is 1. The van der Waals surface area contributed by atoms with Gasteiger partial charge in [0.05, 0.1) is 24.3 Å². The molecule has 1 rings (SSSR count). The SMILES string of the molecule is CCCNC(C)(CC(=O)OCC)c1ccccn1. The average Bonchev–Trinajstić information content (AvgIpc) is 2.38. The summed E-state index contributed by atoms with van der Waals surface area (Å²) in [5.41, 5.74) is 0.398. The summed E-state index contributed by atoms with van der Waals surface area (Å²) in [6, 6.07) is 5.73. The number of nitrogens with one attached hydrogen (secondary N) is 1. The Balaban J connectivity index is 2.84. The first kappa shape index (κ1) is 14.6. The lowest BCUT2D eigenvalue weighted by Crippen LogP contribution is -2.42. The minimum atomic E-state index is -0.469. The Kier molecular flexibility index (Phi) is 5.78. The number of esters is 1. The number of carbonyl (C=O) groups is 1. The van der Waals surface area contributed by atoms with Crippen LogP contribution in [0.2, 0.25) is 0 Å². The van der Waals surface area contributed by atoms with Crippen LogP contribution in [0.4, 0.5) is 0 Å². The quantitative estimate of drug-likeness (QED) is 0.754. The van der Waals surface area contributed by atoms with Crippen LogP contribution in [-0.4, -0.2) is 24.1 Å². The second kappa shape index (κ2) is 7.11. The molecular formula is C14H22N2O2. The van der Waals surface area contributed by atoms with E-state index in [1.807, 2.05) is 32.0 Å². The summed E-state index contributed by atoms with van der Waals surface area (Å²) < 4.78 is 5.03. The van der Waals surface area contributed by atoms with Crippen LogP contribution in [0.3, 0.4) is 0 Å². The number of hydrogen-bond acceptors (Lipinski definition) is 4. The Hall–Kier alpha value is -1.42. The molecule has 1 atom stereocenters. The molecule has 1 N–H and O–H groups in total. The predicted molar refractivity (Wildman–Crippen MR) is 71.1 cm³/mol. The molecule has 100 valence electrons. The van der Waals surface area contributed by atoms with Crippen molar-refractivity contribution in [3.63, 3.8) is 0 Å². The van der Waals surface area contributed by atoms with Crippen LogP contribution >= 0.6 is 0 Å². The van der Waals surface area contributed by atoms with Gasteiger partial charge in [0.15, 0.2) is 0 Å². The van der Waals surface area contributed by atoms with Gasteiger partial charge in [-0.25, -0.2) is 0 Å². The second-order valence-corrected chi connectivity index (χ2v) is 4.46. The fraction of sp³-hybridized carbons (Fsp3) is 0.571. The van der Waals surface area contributed by atoms with E-state index in [0.29, 0.717) is 6.61 Å². The van der Waals surface area contributed by atoms with Gasteiger partial charge in [-0.05, 0) is 38.9 Å². The molecule has 0 aliphatic rings. The van der Waals surface area contributed by atoms with Crippen molar-refractivity contribution in [2.45, 2.75) is 39.2 Å². The molecule has 1 unspecified atom stereocenters. The molecule has 1 aromatic rings. The van der Waals surface area contributed by atoms with E-state index in [0.717, 1.165) is 18.7 Å². The smallest absolute Gasteiger partial charge is 0.308 e. The lowest BCUT2D eigenvalue weighted by atomic mass is 9.92. The fourth-order valence-electron chi connectivity index (χ4n) is 1.83. The summed E-state index contributed by atoms with van der Waals surface area (Å²) in [5.74, 6) is -0.200. The van der Waals surface area contributed by atoms with Crippen LogP contribution < -0.4 is 5.32 Å². The standard InChI is InChI=1S/C14H22N2O2/c1-4-9-16-14(3,11-13(17)18-5-2)12-8-6-7-10-15-12/h6-8,10,16H,4-5,9,11H2,1-3H3. The van der Waals surface area contributed by atoms with E-state index in [4.69, 9.17) is 4.74 Å². The minimum absolute atomic E-state index is 0.200. The van der Waals surface area contributed by atoms with E-state index in [-0.39, 0.29) is 12.4 Å². The Bertz CT molecular complexity index is 367. The maximum absolute atomic E-state index is 11.7. The first-order valence-corrected chi connectivity index (χ1v) is 6.44. The van der Waals surface area contributed by atoms with E-state index < -0.39 is 5.54 Å². The average molecular weight is 250 g/mol. The van der Waals surface area contributed by atoms with Crippen molar-refractivity contribution in [2.75, 3.05) is 13.2 Å². The highest BCUT2D eigenvalue weighted by molar-refractivity contribution is 5.71. The van der Waals surface area contributed by atoms with Gasteiger partial charge in [-0.3, -0.25) is 9.78 Å². The van der Waals surface area contributed by atoms with Crippen molar-refractivity contribution >= 4 is 5.97 Å². The molecule has 4 heteroatoms. The molecule has 0 aliphatic heterocycles. The molecule has 0 aliphatic carbocycles. The summed E-state index contributed by atoms with van der Waals surface area (Å²) >= 11 is 0. The molecule has 0 fully saturated rings. The molecule has 1 aromatic heterocycles. The van der Waals surface area contributed by atoms with Crippen LogP contribution in [-0.2, 0) is 15.1 Å². The summed E-state index contributed by atoms with van der Waals surface area (Å²) in [6.45, 7) is 7.14. The highest BCUT2D eigenvalue weighted by Crippen LogP contribution is 2.23. The highest BCUT2D eigenvalue weighted by Gasteiger charge is 2.30. The number of aromatic nitrogens is 1. The predicted octanol–water partition coefficient (Wildman–Crippen LogP) is 2.25. The van der Waals surface area contributed by atoms with Crippen molar-refractivity contribution in [3.8, 4) is 0 Å². The summed E-state index contributed by atoms with van der Waals surface area (Å²) in [4.78, 5) is 16.1. The normalized spacial score (nSPS) is 13.9. The lowest BCUT2D eigenvalue weighted by Gasteiger charge is -2.29. The zero-order valence-corrected chi connectivity index (χ0v) is 11.4. The van der Waals surface area contributed by atoms with Crippen LogP contribution in [0, 0.1) is 0 Å². The molecule has 0 aromatic carbocycles. The largest absolute Gasteiger partial charge is 0.466 e. The maximum atomic E-state index is 11.7. The first-order valence-electron chi connectivity index (χ1n) is 6.44. The van der Waals surface area contributed by atoms with Gasteiger partial charge >= 0.3 is 5.97 Å². The Morgan fingerprint density at radius 2 is 2.22 bits per heavy atom. The third-order valence-corrected chi connectivity index (χ3v) is 2.80. The lowest BCUT2D eigenvalue weighted by molar-refractivity contribution is -0.144. The second-order valence-electron chi connectivity index (χ2n) is 4.46. The summed E-state index contributed by atoms with van der Waals surface area (Å²) in [6.07, 6.45) is 3.04. The van der Waals surface area contributed by atoms with E-state index in [1.165, 1.54) is 0 Å². The van der Waals surface area contributed by atoms with Crippen LogP contribution in [0.1, 0.15) is 39.3 Å². The van der Waals surface area contributed by atoms with Gasteiger partial charge in [-0.2, -0.15) is 0 Å². The van der Waals surface area contributed by atoms with Crippen LogP contribution in [0.25, 0.3) is 0 Å². The zero-order chi connectivity index (χ0) is 13.4. The van der Waals surface area contributed by atoms with Crippen molar-refractivity contribution < 1.29 is 9.53 Å². The molecule has 0 spiro atoms. The van der Waals surface area contributed by atoms with E-state index >= 15 is 0 Å². The van der Waals surface area contributed by atoms with Gasteiger partial charge in [0.2, 0.25) is 0 Å². The maximum Gasteiger partial charge on any atom is 0.308 e. The number of pyridine rings is 1. The van der Waals surface area contributed by atoms with Crippen LogP contribution in [0.5, 0.6) is 0 Å². The van der Waals surface area contributed by atoms with Gasteiger partial charge in [0.25, 0.3) is 0 Å². The molecular weight excluding hydrogens is 228 g/mol. The van der Waals surface area contributed by atoms with Gasteiger partial charge in [-0.15, -0.1) is 0 Å². The number of rotatable bonds is 7. The van der Waals surface area contributed by atoms with E-state index in [2.05, 4.69) is 17.2 Å². The number of hydrogen-bond donors (Lipinski definition) is 1. The van der Waals surface area contributed by atoms with E-state index in [9.17, 15) is 4.79 Å². The Morgan fingerprint density at radius 1 is 1.44 bits per heavy atom. The van der Waals surface area contributed by atoms with Gasteiger partial charge < -0.3 is 10.1 Å². The number of carbonyl (C=O) groups excluding carboxylic acids is 1. The van der Waals surface area contributed by atoms with Gasteiger partial charge in [-0.1, -0.05) is 13.0 Å². The first-order chi connectivity index (χ1) is 8.62. The monoisotopic (exact) mass is 250 g/mol. The van der Waals surface area contributed by atoms with Crippen molar-refractivity contribution in [1.82, 2.24) is 10.3 Å². The molecule has 1 heterocycles. The third-order valence-electron chi connectivity index (χ3n) is 2.80. The molecule has 18 heavy (non-hydrogen) atoms. The van der Waals surface area contributed by atoms with Crippen LogP contribution in [0.15, 0.2) is 24.4 Å². The molecule has 0 amide bonds. The van der Waals surface area contributed by atoms with Gasteiger partial charge in [0.1, 0.15) is 0 Å². The Labute approximate surface area is 109 Å². The van der Waals surface area contributed by atoms with Crippen molar-refractivity contribution in [1.29, 1.82) is 0 Å². The van der Waals surface area contributed by atoms with Crippen molar-refractivity contribution in [3.05, 3.63) is 30.1 Å². The number of nitrogens with zero attached hydrogens (tertiary/aromatic N) is 1.